The second-order valence-electron chi connectivity index (χ2n) is 8.39. The van der Waals surface area contributed by atoms with Crippen molar-refractivity contribution in [3.63, 3.8) is 0 Å². The number of thiazole rings is 1. The van der Waals surface area contributed by atoms with Crippen molar-refractivity contribution in [3.05, 3.63) is 40.4 Å². The molecular formula is C21H29ClN4O3S2. The van der Waals surface area contributed by atoms with E-state index in [9.17, 15) is 13.2 Å². The van der Waals surface area contributed by atoms with Crippen LogP contribution in [0.1, 0.15) is 39.3 Å². The molecule has 0 saturated carbocycles. The van der Waals surface area contributed by atoms with Crippen molar-refractivity contribution in [1.29, 1.82) is 0 Å². The summed E-state index contributed by atoms with van der Waals surface area (Å²) in [4.78, 5) is 19.8. The first-order valence-corrected chi connectivity index (χ1v) is 13.1. The molecule has 0 aliphatic carbocycles. The van der Waals surface area contributed by atoms with Crippen LogP contribution in [0.5, 0.6) is 0 Å². The van der Waals surface area contributed by atoms with Gasteiger partial charge in [0.1, 0.15) is 6.04 Å². The number of hydrogen-bond donors (Lipinski definition) is 2. The summed E-state index contributed by atoms with van der Waals surface area (Å²) in [6.45, 7) is 8.72. The molecule has 2 heterocycles. The fourth-order valence-electron chi connectivity index (χ4n) is 3.43. The molecular weight excluding hydrogens is 456 g/mol. The lowest BCUT2D eigenvalue weighted by Gasteiger charge is -2.29. The first-order valence-electron chi connectivity index (χ1n) is 10.4. The smallest absolute Gasteiger partial charge is 0.244 e. The van der Waals surface area contributed by atoms with Gasteiger partial charge >= 0.3 is 0 Å². The normalized spacial score (nSPS) is 17.1. The number of piperidine rings is 1. The molecule has 31 heavy (non-hydrogen) atoms. The number of nitrogens with one attached hydrogen (secondary N) is 2. The van der Waals surface area contributed by atoms with Crippen LogP contribution < -0.4 is 10.0 Å². The predicted molar refractivity (Wildman–Crippen MR) is 125 cm³/mol. The van der Waals surface area contributed by atoms with Gasteiger partial charge in [-0.25, -0.2) is 13.4 Å². The highest BCUT2D eigenvalue weighted by atomic mass is 35.5. The van der Waals surface area contributed by atoms with Gasteiger partial charge in [0.25, 0.3) is 0 Å². The van der Waals surface area contributed by atoms with Crippen LogP contribution in [-0.4, -0.2) is 43.3 Å². The molecule has 1 aromatic heterocycles. The Bertz CT molecular complexity index is 1000. The molecule has 1 aromatic carbocycles. The zero-order valence-electron chi connectivity index (χ0n) is 18.0. The molecule has 1 aliphatic heterocycles. The lowest BCUT2D eigenvalue weighted by molar-refractivity contribution is -0.118. The van der Waals surface area contributed by atoms with E-state index < -0.39 is 22.0 Å². The number of likely N-dealkylation sites (tertiary alicyclic amines) is 1. The van der Waals surface area contributed by atoms with Gasteiger partial charge in [-0.3, -0.25) is 9.69 Å². The highest BCUT2D eigenvalue weighted by molar-refractivity contribution is 7.89. The van der Waals surface area contributed by atoms with Gasteiger partial charge in [-0.15, -0.1) is 11.3 Å². The third-order valence-corrected chi connectivity index (χ3v) is 7.86. The predicted octanol–water partition coefficient (Wildman–Crippen LogP) is 3.97. The van der Waals surface area contributed by atoms with Gasteiger partial charge in [-0.1, -0.05) is 38.4 Å². The van der Waals surface area contributed by atoms with Gasteiger partial charge in [-0.05, 0) is 56.0 Å². The van der Waals surface area contributed by atoms with Gasteiger partial charge in [0.15, 0.2) is 5.13 Å². The van der Waals surface area contributed by atoms with Gasteiger partial charge in [0.2, 0.25) is 15.9 Å². The van der Waals surface area contributed by atoms with Gasteiger partial charge in [-0.2, -0.15) is 4.72 Å². The summed E-state index contributed by atoms with van der Waals surface area (Å²) >= 11 is 7.27. The maximum atomic E-state index is 12.9. The minimum Gasteiger partial charge on any atom is -0.301 e. The molecule has 3 rings (SSSR count). The summed E-state index contributed by atoms with van der Waals surface area (Å²) < 4.78 is 28.0. The van der Waals surface area contributed by atoms with E-state index in [1.807, 2.05) is 5.38 Å². The topological polar surface area (TPSA) is 91.4 Å². The zero-order chi connectivity index (χ0) is 22.6. The summed E-state index contributed by atoms with van der Waals surface area (Å²) in [7, 11) is -3.90. The molecule has 2 aromatic rings. The molecule has 0 bridgehead atoms. The molecule has 2 N–H and O–H groups in total. The standard InChI is InChI=1S/C21H29ClN4O3S2/c1-14(2)19(25-31(28,29)18-6-4-5-16(22)11-18)20(27)24-21-23-17(13-30-21)12-26-9-7-15(3)8-10-26/h4-6,11,13-15,19,25H,7-10,12H2,1-3H3,(H,23,24,27)/t19-/m0/s1. The highest BCUT2D eigenvalue weighted by Gasteiger charge is 2.29. The van der Waals surface area contributed by atoms with Crippen molar-refractivity contribution in [2.75, 3.05) is 18.4 Å². The van der Waals surface area contributed by atoms with Crippen molar-refractivity contribution in [1.82, 2.24) is 14.6 Å². The number of sulfonamides is 1. The van der Waals surface area contributed by atoms with Crippen molar-refractivity contribution in [3.8, 4) is 0 Å². The average Bonchev–Trinajstić information content (AvgIpc) is 3.14. The van der Waals surface area contributed by atoms with Crippen LogP contribution in [0.3, 0.4) is 0 Å². The summed E-state index contributed by atoms with van der Waals surface area (Å²) in [5.74, 6) is 0.0715. The quantitative estimate of drug-likeness (QED) is 0.591. The fraction of sp³-hybridized carbons (Fsp3) is 0.524. The van der Waals surface area contributed by atoms with E-state index >= 15 is 0 Å². The van der Waals surface area contributed by atoms with Gasteiger partial charge in [0.05, 0.1) is 10.6 Å². The van der Waals surface area contributed by atoms with Crippen LogP contribution in [0.15, 0.2) is 34.5 Å². The first kappa shape index (κ1) is 24.1. The Labute approximate surface area is 193 Å². The second kappa shape index (κ2) is 10.4. The molecule has 0 radical (unpaired) electrons. The molecule has 0 unspecified atom stereocenters. The minimum atomic E-state index is -3.90. The Morgan fingerprint density at radius 1 is 1.32 bits per heavy atom. The van der Waals surface area contributed by atoms with E-state index in [1.165, 1.54) is 36.3 Å². The number of nitrogens with zero attached hydrogens (tertiary/aromatic N) is 2. The highest BCUT2D eigenvalue weighted by Crippen LogP contribution is 2.22. The van der Waals surface area contributed by atoms with E-state index in [0.717, 1.165) is 31.2 Å². The van der Waals surface area contributed by atoms with E-state index in [-0.39, 0.29) is 10.8 Å². The molecule has 1 aliphatic rings. The van der Waals surface area contributed by atoms with Crippen molar-refractivity contribution in [2.24, 2.45) is 11.8 Å². The number of amides is 1. The van der Waals surface area contributed by atoms with Crippen LogP contribution >= 0.6 is 22.9 Å². The number of rotatable bonds is 8. The van der Waals surface area contributed by atoms with Crippen molar-refractivity contribution < 1.29 is 13.2 Å². The van der Waals surface area contributed by atoms with Crippen molar-refractivity contribution in [2.45, 2.75) is 51.1 Å². The summed E-state index contributed by atoms with van der Waals surface area (Å²) in [5, 5.41) is 5.49. The van der Waals surface area contributed by atoms with Gasteiger partial charge < -0.3 is 5.32 Å². The lowest BCUT2D eigenvalue weighted by atomic mass is 9.99. The van der Waals surface area contributed by atoms with E-state index in [4.69, 9.17) is 11.6 Å². The average molecular weight is 485 g/mol. The third-order valence-electron chi connectivity index (χ3n) is 5.38. The minimum absolute atomic E-state index is 0.0193. The Hall–Kier alpha value is -1.52. The maximum Gasteiger partial charge on any atom is 0.244 e. The van der Waals surface area contributed by atoms with Gasteiger partial charge in [0, 0.05) is 16.9 Å². The second-order valence-corrected chi connectivity index (χ2v) is 11.4. The number of carbonyl (C=O) groups excluding carboxylic acids is 1. The fourth-order valence-corrected chi connectivity index (χ4v) is 5.78. The Balaban J connectivity index is 1.64. The molecule has 1 saturated heterocycles. The van der Waals surface area contributed by atoms with E-state index in [1.54, 1.807) is 26.0 Å². The van der Waals surface area contributed by atoms with Crippen molar-refractivity contribution >= 4 is 44.0 Å². The summed E-state index contributed by atoms with van der Waals surface area (Å²) in [5.41, 5.74) is 0.912. The van der Waals surface area contributed by atoms with Crippen LogP contribution in [0.4, 0.5) is 5.13 Å². The third kappa shape index (κ3) is 6.73. The van der Waals surface area contributed by atoms with Crippen LogP contribution in [-0.2, 0) is 21.4 Å². The van der Waals surface area contributed by atoms with E-state index in [2.05, 4.69) is 26.8 Å². The van der Waals surface area contributed by atoms with Crippen LogP contribution in [0.25, 0.3) is 0 Å². The first-order chi connectivity index (χ1) is 14.6. The molecule has 7 nitrogen and oxygen atoms in total. The van der Waals surface area contributed by atoms with Crippen LogP contribution in [0, 0.1) is 11.8 Å². The monoisotopic (exact) mass is 484 g/mol. The molecule has 170 valence electrons. The molecule has 1 fully saturated rings. The number of anilines is 1. The number of aromatic nitrogens is 1. The maximum absolute atomic E-state index is 12.9. The Morgan fingerprint density at radius 3 is 2.68 bits per heavy atom. The Kier molecular flexibility index (Phi) is 8.09. The molecule has 1 atom stereocenters. The molecule has 10 heteroatoms. The molecule has 0 spiro atoms. The van der Waals surface area contributed by atoms with Crippen LogP contribution in [0.2, 0.25) is 5.02 Å². The zero-order valence-corrected chi connectivity index (χ0v) is 20.4. The summed E-state index contributed by atoms with van der Waals surface area (Å²) in [6, 6.07) is 5.00. The lowest BCUT2D eigenvalue weighted by Crippen LogP contribution is -2.47. The number of halogens is 1. The number of benzene rings is 1. The number of hydrogen-bond acceptors (Lipinski definition) is 6. The summed E-state index contributed by atoms with van der Waals surface area (Å²) in [6.07, 6.45) is 2.38. The largest absolute Gasteiger partial charge is 0.301 e. The number of carbonyl (C=O) groups is 1. The van der Waals surface area contributed by atoms with E-state index in [0.29, 0.717) is 10.2 Å². The molecule has 1 amide bonds. The SMILES string of the molecule is CC1CCN(Cc2csc(NC(=O)[C@@H](NS(=O)(=O)c3cccc(Cl)c3)C(C)C)n2)CC1. The Morgan fingerprint density at radius 2 is 2.03 bits per heavy atom.